The third-order valence-corrected chi connectivity index (χ3v) is 4.49. The summed E-state index contributed by atoms with van der Waals surface area (Å²) in [7, 11) is 0. The molecule has 0 radical (unpaired) electrons. The van der Waals surface area contributed by atoms with Crippen molar-refractivity contribution in [1.82, 2.24) is 0 Å². The molecule has 1 aromatic carbocycles. The lowest BCUT2D eigenvalue weighted by Gasteiger charge is -2.41. The maximum absolute atomic E-state index is 12.1. The van der Waals surface area contributed by atoms with E-state index < -0.39 is 5.91 Å². The zero-order valence-electron chi connectivity index (χ0n) is 11.9. The molecule has 1 aliphatic heterocycles. The zero-order chi connectivity index (χ0) is 14.4. The minimum Gasteiger partial charge on any atom is -0.366 e. The third-order valence-electron chi connectivity index (χ3n) is 4.49. The molecule has 20 heavy (non-hydrogen) atoms. The topological polar surface area (TPSA) is 63.4 Å². The molecule has 2 atom stereocenters. The van der Waals surface area contributed by atoms with Gasteiger partial charge >= 0.3 is 0 Å². The van der Waals surface area contributed by atoms with Crippen molar-refractivity contribution in [3.63, 3.8) is 0 Å². The molecule has 0 bridgehead atoms. The van der Waals surface area contributed by atoms with Crippen LogP contribution in [0.1, 0.15) is 42.6 Å². The first-order chi connectivity index (χ1) is 9.49. The van der Waals surface area contributed by atoms with Crippen molar-refractivity contribution in [3.8, 4) is 0 Å². The Labute approximate surface area is 118 Å². The Morgan fingerprint density at radius 3 is 2.55 bits per heavy atom. The van der Waals surface area contributed by atoms with E-state index in [2.05, 4.69) is 6.92 Å². The van der Waals surface area contributed by atoms with Gasteiger partial charge in [0.1, 0.15) is 0 Å². The predicted molar refractivity (Wildman–Crippen MR) is 77.5 cm³/mol. The number of carbonyl (C=O) groups excluding carboxylic acids is 2. The van der Waals surface area contributed by atoms with Gasteiger partial charge in [-0.3, -0.25) is 9.59 Å². The van der Waals surface area contributed by atoms with Crippen LogP contribution in [0.5, 0.6) is 0 Å². The molecule has 0 aromatic heterocycles. The Kier molecular flexibility index (Phi) is 3.04. The van der Waals surface area contributed by atoms with Crippen LogP contribution in [-0.4, -0.2) is 17.9 Å². The summed E-state index contributed by atoms with van der Waals surface area (Å²) in [5, 5.41) is 0. The Morgan fingerprint density at radius 1 is 1.30 bits per heavy atom. The zero-order valence-corrected chi connectivity index (χ0v) is 11.9. The fraction of sp³-hybridized carbons (Fsp3) is 0.500. The number of benzene rings is 1. The quantitative estimate of drug-likeness (QED) is 0.896. The number of anilines is 1. The molecular weight excluding hydrogens is 252 g/mol. The number of nitrogens with zero attached hydrogens (tertiary/aromatic N) is 1. The van der Waals surface area contributed by atoms with Crippen molar-refractivity contribution in [3.05, 3.63) is 29.3 Å². The summed E-state index contributed by atoms with van der Waals surface area (Å²) in [6.07, 6.45) is 3.34. The largest absolute Gasteiger partial charge is 0.366 e. The Morgan fingerprint density at radius 2 is 2.00 bits per heavy atom. The summed E-state index contributed by atoms with van der Waals surface area (Å²) >= 11 is 0. The maximum Gasteiger partial charge on any atom is 0.248 e. The normalized spacial score (nSPS) is 25.2. The molecule has 1 heterocycles. The predicted octanol–water partition coefficient (Wildman–Crippen LogP) is 2.11. The number of nitrogens with two attached hydrogens (primary N) is 1. The molecule has 1 fully saturated rings. The van der Waals surface area contributed by atoms with Crippen molar-refractivity contribution in [1.29, 1.82) is 0 Å². The molecule has 1 aliphatic carbocycles. The molecule has 3 rings (SSSR count). The summed E-state index contributed by atoms with van der Waals surface area (Å²) in [5.74, 6) is 0.723. The monoisotopic (exact) mass is 272 g/mol. The van der Waals surface area contributed by atoms with Crippen molar-refractivity contribution in [2.45, 2.75) is 39.2 Å². The molecule has 2 amide bonds. The van der Waals surface area contributed by atoms with Gasteiger partial charge in [0.2, 0.25) is 11.8 Å². The molecule has 0 saturated heterocycles. The first kappa shape index (κ1) is 13.2. The van der Waals surface area contributed by atoms with E-state index in [1.807, 2.05) is 17.0 Å². The summed E-state index contributed by atoms with van der Waals surface area (Å²) in [5.41, 5.74) is 7.87. The highest BCUT2D eigenvalue weighted by atomic mass is 16.2. The van der Waals surface area contributed by atoms with Crippen LogP contribution >= 0.6 is 0 Å². The summed E-state index contributed by atoms with van der Waals surface area (Å²) < 4.78 is 0. The Bertz CT molecular complexity index is 578. The summed E-state index contributed by atoms with van der Waals surface area (Å²) in [4.78, 5) is 25.3. The molecule has 1 unspecified atom stereocenters. The van der Waals surface area contributed by atoms with E-state index in [-0.39, 0.29) is 5.91 Å². The fourth-order valence-corrected chi connectivity index (χ4v) is 3.51. The van der Waals surface area contributed by atoms with E-state index in [0.717, 1.165) is 17.7 Å². The molecule has 1 saturated carbocycles. The summed E-state index contributed by atoms with van der Waals surface area (Å²) in [6.45, 7) is 3.82. The minimum atomic E-state index is -0.417. The van der Waals surface area contributed by atoms with E-state index in [9.17, 15) is 9.59 Å². The fourth-order valence-electron chi connectivity index (χ4n) is 3.51. The van der Waals surface area contributed by atoms with Crippen LogP contribution < -0.4 is 10.6 Å². The number of fused-ring (bicyclic) bond motifs is 1. The SMILES string of the molecule is CC(=O)N1c2ccc(C(N)=O)cc2CC(C)[C@@H]1C1CC1. The smallest absolute Gasteiger partial charge is 0.248 e. The van der Waals surface area contributed by atoms with Crippen LogP contribution in [0.4, 0.5) is 5.69 Å². The lowest BCUT2D eigenvalue weighted by atomic mass is 9.83. The number of primary amides is 1. The molecule has 0 spiro atoms. The lowest BCUT2D eigenvalue weighted by molar-refractivity contribution is -0.117. The van der Waals surface area contributed by atoms with Gasteiger partial charge in [-0.25, -0.2) is 0 Å². The minimum absolute atomic E-state index is 0.0847. The number of amides is 2. The Balaban J connectivity index is 2.06. The number of carbonyl (C=O) groups is 2. The highest BCUT2D eigenvalue weighted by Crippen LogP contribution is 2.45. The molecule has 4 heteroatoms. The van der Waals surface area contributed by atoms with E-state index >= 15 is 0 Å². The molecule has 2 N–H and O–H groups in total. The number of rotatable bonds is 2. The highest BCUT2D eigenvalue weighted by Gasteiger charge is 2.43. The standard InChI is InChI=1S/C16H20N2O2/c1-9-7-13-8-12(16(17)20)5-6-14(13)18(10(2)19)15(9)11-3-4-11/h5-6,8-9,11,15H,3-4,7H2,1-2H3,(H2,17,20)/t9?,15-/m1/s1. The molecule has 106 valence electrons. The van der Waals surface area contributed by atoms with Gasteiger partial charge in [-0.2, -0.15) is 0 Å². The van der Waals surface area contributed by atoms with Crippen LogP contribution in [0, 0.1) is 11.8 Å². The van der Waals surface area contributed by atoms with Crippen LogP contribution in [0.3, 0.4) is 0 Å². The molecule has 4 nitrogen and oxygen atoms in total. The van der Waals surface area contributed by atoms with Crippen LogP contribution in [0.15, 0.2) is 18.2 Å². The lowest BCUT2D eigenvalue weighted by Crippen LogP contribution is -2.48. The first-order valence-electron chi connectivity index (χ1n) is 7.21. The van der Waals surface area contributed by atoms with Crippen LogP contribution in [0.2, 0.25) is 0 Å². The van der Waals surface area contributed by atoms with Gasteiger partial charge in [0.15, 0.2) is 0 Å². The maximum atomic E-state index is 12.1. The molecule has 2 aliphatic rings. The van der Waals surface area contributed by atoms with Gasteiger partial charge in [0, 0.05) is 24.2 Å². The van der Waals surface area contributed by atoms with E-state index in [4.69, 9.17) is 5.73 Å². The first-order valence-corrected chi connectivity index (χ1v) is 7.21. The average molecular weight is 272 g/mol. The van der Waals surface area contributed by atoms with E-state index in [1.165, 1.54) is 12.8 Å². The van der Waals surface area contributed by atoms with E-state index in [1.54, 1.807) is 13.0 Å². The van der Waals surface area contributed by atoms with Gasteiger partial charge in [-0.15, -0.1) is 0 Å². The van der Waals surface area contributed by atoms with Crippen LogP contribution in [-0.2, 0) is 11.2 Å². The second-order valence-electron chi connectivity index (χ2n) is 6.11. The van der Waals surface area contributed by atoms with Crippen molar-refractivity contribution in [2.24, 2.45) is 17.6 Å². The second-order valence-corrected chi connectivity index (χ2v) is 6.11. The molecular formula is C16H20N2O2. The third kappa shape index (κ3) is 2.09. The second kappa shape index (κ2) is 4.62. The Hall–Kier alpha value is -1.84. The van der Waals surface area contributed by atoms with Gasteiger partial charge in [-0.1, -0.05) is 6.92 Å². The average Bonchev–Trinajstić information content (AvgIpc) is 3.20. The van der Waals surface area contributed by atoms with Crippen molar-refractivity contribution < 1.29 is 9.59 Å². The number of hydrogen-bond donors (Lipinski definition) is 1. The number of hydrogen-bond acceptors (Lipinski definition) is 2. The highest BCUT2D eigenvalue weighted by molar-refractivity contribution is 5.97. The van der Waals surface area contributed by atoms with Gasteiger partial charge in [0.25, 0.3) is 0 Å². The van der Waals surface area contributed by atoms with Crippen LogP contribution in [0.25, 0.3) is 0 Å². The molecule has 1 aromatic rings. The van der Waals surface area contributed by atoms with Crippen molar-refractivity contribution >= 4 is 17.5 Å². The van der Waals surface area contributed by atoms with Gasteiger partial charge in [-0.05, 0) is 54.9 Å². The van der Waals surface area contributed by atoms with Crippen molar-refractivity contribution in [2.75, 3.05) is 4.90 Å². The summed E-state index contributed by atoms with van der Waals surface area (Å²) in [6, 6.07) is 5.74. The van der Waals surface area contributed by atoms with Gasteiger partial charge < -0.3 is 10.6 Å². The van der Waals surface area contributed by atoms with E-state index in [0.29, 0.717) is 23.4 Å². The van der Waals surface area contributed by atoms with Gasteiger partial charge in [0.05, 0.1) is 0 Å².